The van der Waals surface area contributed by atoms with E-state index in [9.17, 15) is 13.2 Å². The van der Waals surface area contributed by atoms with Gasteiger partial charge in [0.2, 0.25) is 0 Å². The van der Waals surface area contributed by atoms with E-state index in [4.69, 9.17) is 10.4 Å². The molecule has 1 aromatic carbocycles. The first-order chi connectivity index (χ1) is 6.96. The second-order valence-electron chi connectivity index (χ2n) is 2.54. The molecule has 0 aliphatic carbocycles. The standard InChI is InChI=1S/C9H5F3NO2/c10-9(11,12)15-8-3-6(5-14)1-2-7(8)4-13/h1-3,5,14H. The summed E-state index contributed by atoms with van der Waals surface area (Å²) in [5, 5.41) is 17.1. The number of alkyl halides is 3. The Morgan fingerprint density at radius 3 is 2.53 bits per heavy atom. The predicted octanol–water partition coefficient (Wildman–Crippen LogP) is 2.34. The highest BCUT2D eigenvalue weighted by Gasteiger charge is 2.32. The summed E-state index contributed by atoms with van der Waals surface area (Å²) in [6, 6.07) is 4.89. The highest BCUT2D eigenvalue weighted by molar-refractivity contribution is 5.46. The molecule has 0 heterocycles. The Bertz CT molecular complexity index is 395. The average molecular weight is 216 g/mol. The zero-order chi connectivity index (χ0) is 11.5. The summed E-state index contributed by atoms with van der Waals surface area (Å²) >= 11 is 0. The van der Waals surface area contributed by atoms with E-state index in [1.165, 1.54) is 6.07 Å². The highest BCUT2D eigenvalue weighted by atomic mass is 19.4. The number of nitrogens with zero attached hydrogens (tertiary/aromatic N) is 1. The molecule has 1 radical (unpaired) electrons. The molecule has 0 fully saturated rings. The number of aliphatic hydroxyl groups is 1. The molecule has 1 rings (SSSR count). The minimum atomic E-state index is -4.86. The summed E-state index contributed by atoms with van der Waals surface area (Å²) in [5.41, 5.74) is -0.133. The first kappa shape index (κ1) is 11.3. The molecule has 0 atom stereocenters. The van der Waals surface area contributed by atoms with Gasteiger partial charge in [0.1, 0.15) is 18.4 Å². The van der Waals surface area contributed by atoms with Crippen LogP contribution in [0.15, 0.2) is 18.2 Å². The van der Waals surface area contributed by atoms with Gasteiger partial charge in [-0.1, -0.05) is 6.07 Å². The first-order valence-electron chi connectivity index (χ1n) is 3.73. The lowest BCUT2D eigenvalue weighted by atomic mass is 10.1. The first-order valence-corrected chi connectivity index (χ1v) is 3.73. The van der Waals surface area contributed by atoms with E-state index in [0.717, 1.165) is 12.1 Å². The lowest BCUT2D eigenvalue weighted by Gasteiger charge is -2.10. The van der Waals surface area contributed by atoms with Crippen LogP contribution >= 0.6 is 0 Å². The lowest BCUT2D eigenvalue weighted by molar-refractivity contribution is -0.274. The molecule has 0 saturated carbocycles. The molecule has 0 bridgehead atoms. The van der Waals surface area contributed by atoms with Crippen molar-refractivity contribution in [1.82, 2.24) is 0 Å². The summed E-state index contributed by atoms with van der Waals surface area (Å²) in [7, 11) is 0. The van der Waals surface area contributed by atoms with Gasteiger partial charge in [-0.15, -0.1) is 13.2 Å². The van der Waals surface area contributed by atoms with Crippen LogP contribution in [0, 0.1) is 17.9 Å². The van der Waals surface area contributed by atoms with Gasteiger partial charge < -0.3 is 9.84 Å². The van der Waals surface area contributed by atoms with E-state index in [-0.39, 0.29) is 11.1 Å². The van der Waals surface area contributed by atoms with Crippen molar-refractivity contribution in [2.45, 2.75) is 6.36 Å². The molecule has 0 saturated heterocycles. The maximum Gasteiger partial charge on any atom is 0.573 e. The van der Waals surface area contributed by atoms with Crippen molar-refractivity contribution in [3.05, 3.63) is 35.9 Å². The molecular formula is C9H5F3NO2. The normalized spacial score (nSPS) is 10.9. The molecule has 0 aliphatic heterocycles. The topological polar surface area (TPSA) is 53.2 Å². The van der Waals surface area contributed by atoms with Gasteiger partial charge in [-0.25, -0.2) is 0 Å². The average Bonchev–Trinajstić information content (AvgIpc) is 2.15. The number of benzene rings is 1. The third-order valence-electron chi connectivity index (χ3n) is 1.50. The monoisotopic (exact) mass is 216 g/mol. The zero-order valence-corrected chi connectivity index (χ0v) is 7.25. The Morgan fingerprint density at radius 1 is 1.40 bits per heavy atom. The third kappa shape index (κ3) is 3.14. The number of aliphatic hydroxyl groups excluding tert-OH is 1. The molecule has 0 aliphatic rings. The van der Waals surface area contributed by atoms with Crippen LogP contribution in [0.5, 0.6) is 5.75 Å². The molecular weight excluding hydrogens is 211 g/mol. The van der Waals surface area contributed by atoms with Gasteiger partial charge in [-0.2, -0.15) is 5.26 Å². The fourth-order valence-corrected chi connectivity index (χ4v) is 0.921. The summed E-state index contributed by atoms with van der Waals surface area (Å²) in [5.74, 6) is -0.632. The summed E-state index contributed by atoms with van der Waals surface area (Å²) in [6.45, 7) is 0.615. The fraction of sp³-hybridized carbons (Fsp3) is 0.111. The SMILES string of the molecule is N#Cc1ccc([CH]O)cc1OC(F)(F)F. The van der Waals surface area contributed by atoms with Crippen LogP contribution in [0.3, 0.4) is 0 Å². The van der Waals surface area contributed by atoms with E-state index in [0.29, 0.717) is 6.61 Å². The Morgan fingerprint density at radius 2 is 2.07 bits per heavy atom. The van der Waals surface area contributed by atoms with Crippen molar-refractivity contribution < 1.29 is 23.0 Å². The molecule has 79 valence electrons. The Labute approximate surface area is 83.3 Å². The molecule has 3 nitrogen and oxygen atoms in total. The number of ether oxygens (including phenoxy) is 1. The predicted molar refractivity (Wildman–Crippen MR) is 43.2 cm³/mol. The van der Waals surface area contributed by atoms with Crippen molar-refractivity contribution in [3.8, 4) is 11.8 Å². The van der Waals surface area contributed by atoms with E-state index in [1.807, 2.05) is 0 Å². The van der Waals surface area contributed by atoms with Crippen molar-refractivity contribution in [1.29, 1.82) is 5.26 Å². The van der Waals surface area contributed by atoms with Crippen LogP contribution in [0.1, 0.15) is 11.1 Å². The Hall–Kier alpha value is -1.74. The van der Waals surface area contributed by atoms with Crippen molar-refractivity contribution in [3.63, 3.8) is 0 Å². The fourth-order valence-electron chi connectivity index (χ4n) is 0.921. The highest BCUT2D eigenvalue weighted by Crippen LogP contribution is 2.27. The van der Waals surface area contributed by atoms with Gasteiger partial charge in [0.25, 0.3) is 0 Å². The van der Waals surface area contributed by atoms with Crippen molar-refractivity contribution in [2.24, 2.45) is 0 Å². The van der Waals surface area contributed by atoms with E-state index >= 15 is 0 Å². The molecule has 0 spiro atoms. The number of nitriles is 1. The molecule has 1 N–H and O–H groups in total. The maximum absolute atomic E-state index is 11.9. The molecule has 0 aromatic heterocycles. The molecule has 6 heteroatoms. The van der Waals surface area contributed by atoms with Crippen LogP contribution in [-0.2, 0) is 0 Å². The number of rotatable bonds is 2. The van der Waals surface area contributed by atoms with Crippen LogP contribution in [0.2, 0.25) is 0 Å². The van der Waals surface area contributed by atoms with E-state index < -0.39 is 12.1 Å². The van der Waals surface area contributed by atoms with Gasteiger partial charge >= 0.3 is 6.36 Å². The Kier molecular flexibility index (Phi) is 3.17. The van der Waals surface area contributed by atoms with Crippen LogP contribution in [0.4, 0.5) is 13.2 Å². The van der Waals surface area contributed by atoms with Gasteiger partial charge in [0, 0.05) is 0 Å². The van der Waals surface area contributed by atoms with Gasteiger partial charge in [0.05, 0.1) is 5.56 Å². The van der Waals surface area contributed by atoms with Gasteiger partial charge in [-0.3, -0.25) is 0 Å². The largest absolute Gasteiger partial charge is 0.573 e. The quantitative estimate of drug-likeness (QED) is 0.825. The van der Waals surface area contributed by atoms with Crippen molar-refractivity contribution in [2.75, 3.05) is 0 Å². The lowest BCUT2D eigenvalue weighted by Crippen LogP contribution is -2.18. The Balaban J connectivity index is 3.08. The maximum atomic E-state index is 11.9. The van der Waals surface area contributed by atoms with Crippen LogP contribution < -0.4 is 4.74 Å². The van der Waals surface area contributed by atoms with E-state index in [2.05, 4.69) is 4.74 Å². The summed E-state index contributed by atoms with van der Waals surface area (Å²) < 4.78 is 39.3. The molecule has 0 unspecified atom stereocenters. The van der Waals surface area contributed by atoms with E-state index in [1.54, 1.807) is 6.07 Å². The van der Waals surface area contributed by atoms with Crippen LogP contribution in [0.25, 0.3) is 0 Å². The number of hydrogen-bond acceptors (Lipinski definition) is 3. The number of halogens is 3. The molecule has 1 aromatic rings. The number of hydrogen-bond donors (Lipinski definition) is 1. The second kappa shape index (κ2) is 4.19. The summed E-state index contributed by atoms with van der Waals surface area (Å²) in [6.07, 6.45) is -4.86. The minimum absolute atomic E-state index is 0.119. The van der Waals surface area contributed by atoms with Gasteiger partial charge in [-0.05, 0) is 17.7 Å². The van der Waals surface area contributed by atoms with Gasteiger partial charge in [0.15, 0.2) is 0 Å². The zero-order valence-electron chi connectivity index (χ0n) is 7.25. The van der Waals surface area contributed by atoms with Crippen LogP contribution in [-0.4, -0.2) is 11.5 Å². The second-order valence-corrected chi connectivity index (χ2v) is 2.54. The molecule has 0 amide bonds. The van der Waals surface area contributed by atoms with Crippen molar-refractivity contribution >= 4 is 0 Å². The molecule has 15 heavy (non-hydrogen) atoms. The summed E-state index contributed by atoms with van der Waals surface area (Å²) in [4.78, 5) is 0. The smallest absolute Gasteiger partial charge is 0.404 e. The third-order valence-corrected chi connectivity index (χ3v) is 1.50. The minimum Gasteiger partial charge on any atom is -0.404 e.